The predicted molar refractivity (Wildman–Crippen MR) is 27.8 cm³/mol. The fourth-order valence-electron chi connectivity index (χ4n) is 0.649. The molecule has 42 valence electrons. The van der Waals surface area contributed by atoms with Gasteiger partial charge in [0, 0.05) is 6.54 Å². The fourth-order valence-corrected chi connectivity index (χ4v) is 0.649. The van der Waals surface area contributed by atoms with Gasteiger partial charge in [-0.2, -0.15) is 0 Å². The maximum Gasteiger partial charge on any atom is 0.0853 e. The average Bonchev–Trinajstić information content (AvgIpc) is 1.84. The van der Waals surface area contributed by atoms with Crippen molar-refractivity contribution in [2.45, 2.75) is 25.9 Å². The van der Waals surface area contributed by atoms with Crippen LogP contribution < -0.4 is 5.48 Å². The first-order valence-electron chi connectivity index (χ1n) is 2.62. The lowest BCUT2D eigenvalue weighted by atomic mass is 10.1. The number of nitrogens with one attached hydrogen (secondary N) is 1. The van der Waals surface area contributed by atoms with Crippen molar-refractivity contribution in [3.63, 3.8) is 0 Å². The molecule has 0 atom stereocenters. The average molecular weight is 101 g/mol. The van der Waals surface area contributed by atoms with E-state index in [0.29, 0.717) is 0 Å². The number of hydrogen-bond donors (Lipinski definition) is 1. The van der Waals surface area contributed by atoms with E-state index < -0.39 is 0 Å². The molecule has 0 aromatic rings. The molecule has 0 saturated carbocycles. The van der Waals surface area contributed by atoms with Crippen molar-refractivity contribution >= 4 is 0 Å². The second-order valence-electron chi connectivity index (χ2n) is 2.51. The van der Waals surface area contributed by atoms with Crippen LogP contribution in [-0.4, -0.2) is 12.1 Å². The molecule has 1 heterocycles. The van der Waals surface area contributed by atoms with Gasteiger partial charge in [0.05, 0.1) is 5.60 Å². The van der Waals surface area contributed by atoms with E-state index in [9.17, 15) is 0 Å². The van der Waals surface area contributed by atoms with Crippen LogP contribution in [0.3, 0.4) is 0 Å². The third-order valence-corrected chi connectivity index (χ3v) is 1.18. The number of hydrogen-bond acceptors (Lipinski definition) is 2. The molecule has 0 aromatic heterocycles. The van der Waals surface area contributed by atoms with Gasteiger partial charge in [-0.3, -0.25) is 4.84 Å². The zero-order valence-corrected chi connectivity index (χ0v) is 4.82. The van der Waals surface area contributed by atoms with Gasteiger partial charge in [0.25, 0.3) is 0 Å². The van der Waals surface area contributed by atoms with Gasteiger partial charge in [-0.1, -0.05) is 0 Å². The highest BCUT2D eigenvalue weighted by molar-refractivity contribution is 4.71. The zero-order valence-electron chi connectivity index (χ0n) is 4.82. The minimum absolute atomic E-state index is 0.0833. The molecule has 2 heteroatoms. The van der Waals surface area contributed by atoms with Crippen molar-refractivity contribution in [2.24, 2.45) is 0 Å². The summed E-state index contributed by atoms with van der Waals surface area (Å²) in [7, 11) is 0. The Bertz CT molecular complexity index is 62.5. The van der Waals surface area contributed by atoms with Crippen LogP contribution in [0, 0.1) is 0 Å². The molecule has 0 unspecified atom stereocenters. The molecule has 0 amide bonds. The predicted octanol–water partition coefficient (Wildman–Crippen LogP) is 0.690. The molecule has 1 rings (SSSR count). The molecule has 0 aromatic carbocycles. The molecule has 1 aliphatic rings. The highest BCUT2D eigenvalue weighted by atomic mass is 16.7. The van der Waals surface area contributed by atoms with Crippen LogP contribution in [0.4, 0.5) is 0 Å². The summed E-state index contributed by atoms with van der Waals surface area (Å²) in [5.41, 5.74) is 2.90. The third-order valence-electron chi connectivity index (χ3n) is 1.18. The summed E-state index contributed by atoms with van der Waals surface area (Å²) in [6.07, 6.45) is 1.12. The Hall–Kier alpha value is -0.0800. The summed E-state index contributed by atoms with van der Waals surface area (Å²) in [5.74, 6) is 0. The van der Waals surface area contributed by atoms with Crippen molar-refractivity contribution in [2.75, 3.05) is 6.54 Å². The van der Waals surface area contributed by atoms with E-state index in [4.69, 9.17) is 4.84 Å². The topological polar surface area (TPSA) is 21.3 Å². The van der Waals surface area contributed by atoms with Crippen molar-refractivity contribution in [3.8, 4) is 0 Å². The lowest BCUT2D eigenvalue weighted by molar-refractivity contribution is -0.0266. The molecule has 1 fully saturated rings. The molecule has 0 spiro atoms. The Balaban J connectivity index is 2.40. The van der Waals surface area contributed by atoms with Crippen LogP contribution in [0.2, 0.25) is 0 Å². The summed E-state index contributed by atoms with van der Waals surface area (Å²) in [5, 5.41) is 0. The van der Waals surface area contributed by atoms with Gasteiger partial charge < -0.3 is 0 Å². The first-order valence-corrected chi connectivity index (χ1v) is 2.62. The Kier molecular flexibility index (Phi) is 1.05. The van der Waals surface area contributed by atoms with Gasteiger partial charge in [0.15, 0.2) is 0 Å². The summed E-state index contributed by atoms with van der Waals surface area (Å²) in [6, 6.07) is 0. The highest BCUT2D eigenvalue weighted by Crippen LogP contribution is 2.15. The highest BCUT2D eigenvalue weighted by Gasteiger charge is 2.23. The van der Waals surface area contributed by atoms with Gasteiger partial charge in [0.2, 0.25) is 0 Å². The van der Waals surface area contributed by atoms with E-state index in [2.05, 4.69) is 19.3 Å². The van der Waals surface area contributed by atoms with E-state index in [1.54, 1.807) is 0 Å². The monoisotopic (exact) mass is 101 g/mol. The van der Waals surface area contributed by atoms with Crippen molar-refractivity contribution in [1.29, 1.82) is 0 Å². The summed E-state index contributed by atoms with van der Waals surface area (Å²) in [6.45, 7) is 5.15. The fraction of sp³-hybridized carbons (Fsp3) is 1.00. The van der Waals surface area contributed by atoms with Gasteiger partial charge in [-0.05, 0) is 20.3 Å². The first-order chi connectivity index (χ1) is 3.21. The normalized spacial score (nSPS) is 28.3. The van der Waals surface area contributed by atoms with Gasteiger partial charge >= 0.3 is 0 Å². The Labute approximate surface area is 43.8 Å². The van der Waals surface area contributed by atoms with Crippen LogP contribution in [0.25, 0.3) is 0 Å². The molecule has 0 bridgehead atoms. The molecular formula is C5H11NO. The van der Waals surface area contributed by atoms with Crippen LogP contribution in [-0.2, 0) is 4.84 Å². The standard InChI is InChI=1S/C5H11NO/c1-5(2)3-4-6-7-5/h6H,3-4H2,1-2H3. The Morgan fingerprint density at radius 1 is 1.57 bits per heavy atom. The molecule has 0 aliphatic carbocycles. The van der Waals surface area contributed by atoms with Crippen LogP contribution >= 0.6 is 0 Å². The molecule has 0 radical (unpaired) electrons. The van der Waals surface area contributed by atoms with Gasteiger partial charge in [-0.25, -0.2) is 5.48 Å². The minimum atomic E-state index is 0.0833. The number of rotatable bonds is 0. The van der Waals surface area contributed by atoms with Gasteiger partial charge in [-0.15, -0.1) is 0 Å². The molecule has 7 heavy (non-hydrogen) atoms. The van der Waals surface area contributed by atoms with Crippen molar-refractivity contribution < 1.29 is 4.84 Å². The van der Waals surface area contributed by atoms with E-state index in [0.717, 1.165) is 13.0 Å². The largest absolute Gasteiger partial charge is 0.296 e. The van der Waals surface area contributed by atoms with E-state index >= 15 is 0 Å². The second kappa shape index (κ2) is 1.46. The summed E-state index contributed by atoms with van der Waals surface area (Å²) >= 11 is 0. The van der Waals surface area contributed by atoms with Crippen molar-refractivity contribution in [3.05, 3.63) is 0 Å². The van der Waals surface area contributed by atoms with Crippen LogP contribution in [0.15, 0.2) is 0 Å². The molecule has 2 nitrogen and oxygen atoms in total. The third kappa shape index (κ3) is 1.14. The smallest absolute Gasteiger partial charge is 0.0853 e. The molecule has 1 saturated heterocycles. The van der Waals surface area contributed by atoms with Gasteiger partial charge in [0.1, 0.15) is 0 Å². The van der Waals surface area contributed by atoms with E-state index in [1.165, 1.54) is 0 Å². The summed E-state index contributed by atoms with van der Waals surface area (Å²) in [4.78, 5) is 5.09. The van der Waals surface area contributed by atoms with Crippen LogP contribution in [0.5, 0.6) is 0 Å². The first kappa shape index (κ1) is 5.06. The SMILES string of the molecule is CC1(C)CCNO1. The lowest BCUT2D eigenvalue weighted by Crippen LogP contribution is -2.19. The number of hydroxylamine groups is 1. The van der Waals surface area contributed by atoms with E-state index in [-0.39, 0.29) is 5.60 Å². The van der Waals surface area contributed by atoms with E-state index in [1.807, 2.05) is 0 Å². The van der Waals surface area contributed by atoms with Crippen LogP contribution in [0.1, 0.15) is 20.3 Å². The molecular weight excluding hydrogens is 90.1 g/mol. The second-order valence-corrected chi connectivity index (χ2v) is 2.51. The molecule has 1 aliphatic heterocycles. The minimum Gasteiger partial charge on any atom is -0.296 e. The maximum absolute atomic E-state index is 5.09. The summed E-state index contributed by atoms with van der Waals surface area (Å²) < 4.78 is 0. The zero-order chi connectivity index (χ0) is 5.33. The molecule has 1 N–H and O–H groups in total. The maximum atomic E-state index is 5.09. The lowest BCUT2D eigenvalue weighted by Gasteiger charge is -2.12. The Morgan fingerprint density at radius 3 is 2.43 bits per heavy atom. The quantitative estimate of drug-likeness (QED) is 0.484. The van der Waals surface area contributed by atoms with Crippen molar-refractivity contribution in [1.82, 2.24) is 5.48 Å². The Morgan fingerprint density at radius 2 is 2.29 bits per heavy atom.